The Labute approximate surface area is 158 Å². The van der Waals surface area contributed by atoms with Crippen LogP contribution < -0.4 is 5.32 Å². The molecule has 3 saturated heterocycles. The van der Waals surface area contributed by atoms with Crippen LogP contribution in [-0.4, -0.2) is 36.5 Å². The zero-order valence-corrected chi connectivity index (χ0v) is 15.7. The van der Waals surface area contributed by atoms with E-state index in [1.165, 1.54) is 38.0 Å². The van der Waals surface area contributed by atoms with Crippen molar-refractivity contribution in [2.45, 2.75) is 18.9 Å². The monoisotopic (exact) mass is 374 g/mol. The zero-order valence-electron chi connectivity index (χ0n) is 14.1. The highest BCUT2D eigenvalue weighted by atomic mass is 35.5. The summed E-state index contributed by atoms with van der Waals surface area (Å²) in [6.07, 6.45) is 2.61. The van der Waals surface area contributed by atoms with Gasteiger partial charge >= 0.3 is 0 Å². The smallest absolute Gasteiger partial charge is 0.261 e. The van der Waals surface area contributed by atoms with Gasteiger partial charge in [-0.1, -0.05) is 30.3 Å². The number of piperidine rings is 3. The van der Waals surface area contributed by atoms with Gasteiger partial charge in [0, 0.05) is 25.7 Å². The van der Waals surface area contributed by atoms with Crippen molar-refractivity contribution in [1.29, 1.82) is 0 Å². The number of benzene rings is 1. The number of rotatable bonds is 3. The second-order valence-electron chi connectivity index (χ2n) is 7.64. The number of carbonyl (C=O) groups excluding carboxylic acids is 1. The van der Waals surface area contributed by atoms with Crippen LogP contribution in [0.2, 0.25) is 0 Å². The summed E-state index contributed by atoms with van der Waals surface area (Å²) >= 11 is 1.56. The molecule has 0 radical (unpaired) electrons. The Bertz CT molecular complexity index is 732. The first kappa shape index (κ1) is 17.1. The molecule has 1 saturated carbocycles. The second-order valence-corrected chi connectivity index (χ2v) is 8.55. The average molecular weight is 375 g/mol. The number of hydrogen-bond donors (Lipinski definition) is 1. The first-order valence-corrected chi connectivity index (χ1v) is 9.81. The van der Waals surface area contributed by atoms with Gasteiger partial charge in [0.25, 0.3) is 5.91 Å². The molecule has 1 aromatic carbocycles. The highest BCUT2D eigenvalue weighted by molar-refractivity contribution is 7.12. The second kappa shape index (κ2) is 6.75. The molecule has 0 unspecified atom stereocenters. The summed E-state index contributed by atoms with van der Waals surface area (Å²) in [5.41, 5.74) is 2.32. The minimum atomic E-state index is 0. The summed E-state index contributed by atoms with van der Waals surface area (Å²) in [6.45, 7) is 3.65. The van der Waals surface area contributed by atoms with Crippen LogP contribution in [0.15, 0.2) is 41.8 Å². The van der Waals surface area contributed by atoms with Crippen molar-refractivity contribution in [3.63, 3.8) is 0 Å². The van der Waals surface area contributed by atoms with E-state index in [0.717, 1.165) is 16.4 Å². The van der Waals surface area contributed by atoms with Crippen molar-refractivity contribution >= 4 is 29.7 Å². The van der Waals surface area contributed by atoms with Crippen molar-refractivity contribution in [2.75, 3.05) is 19.6 Å². The number of nitrogens with one attached hydrogen (secondary N) is 1. The fourth-order valence-corrected chi connectivity index (χ4v) is 5.92. The lowest BCUT2D eigenvalue weighted by atomic mass is 9.65. The lowest BCUT2D eigenvalue weighted by molar-refractivity contribution is -0.0418. The molecule has 1 aromatic heterocycles. The van der Waals surface area contributed by atoms with Crippen LogP contribution in [0, 0.1) is 17.8 Å². The fraction of sp³-hybridized carbons (Fsp3) is 0.450. The number of carbonyl (C=O) groups is 1. The Hall–Kier alpha value is -1.36. The standard InChI is InChI=1S/C20H22N2OS.ClH/c23-20(18-8-17(12-24-18)14-4-2-1-3-5-14)21-19-15-6-13-7-16(19)11-22(9-13)10-15;/h1-5,8,12-13,15-16,19H,6-7,9-11H2,(H,21,23);1H/t13?,15-,16-,19?;/m0./s1. The van der Waals surface area contributed by atoms with E-state index in [-0.39, 0.29) is 18.3 Å². The Kier molecular flexibility index (Phi) is 4.61. The number of nitrogens with zero attached hydrogens (tertiary/aromatic N) is 1. The third kappa shape index (κ3) is 3.12. The summed E-state index contributed by atoms with van der Waals surface area (Å²) in [5.74, 6) is 2.32. The maximum atomic E-state index is 12.8. The summed E-state index contributed by atoms with van der Waals surface area (Å²) in [5, 5.41) is 5.48. The third-order valence-electron chi connectivity index (χ3n) is 6.02. The van der Waals surface area contributed by atoms with Crippen LogP contribution in [0.3, 0.4) is 0 Å². The van der Waals surface area contributed by atoms with E-state index in [1.807, 2.05) is 24.3 Å². The molecule has 0 spiro atoms. The molecule has 6 rings (SSSR count). The molecular weight excluding hydrogens is 352 g/mol. The number of amides is 1. The van der Waals surface area contributed by atoms with Gasteiger partial charge in [-0.05, 0) is 53.2 Å². The molecule has 132 valence electrons. The first-order chi connectivity index (χ1) is 11.8. The van der Waals surface area contributed by atoms with Crippen molar-refractivity contribution < 1.29 is 4.79 Å². The Morgan fingerprint density at radius 3 is 2.44 bits per heavy atom. The van der Waals surface area contributed by atoms with Gasteiger partial charge in [0.2, 0.25) is 0 Å². The van der Waals surface area contributed by atoms with Crippen molar-refractivity contribution in [3.05, 3.63) is 46.7 Å². The molecule has 1 aliphatic carbocycles. The van der Waals surface area contributed by atoms with Gasteiger partial charge in [-0.25, -0.2) is 0 Å². The highest BCUT2D eigenvalue weighted by Crippen LogP contribution is 2.43. The van der Waals surface area contributed by atoms with Crippen LogP contribution in [0.4, 0.5) is 0 Å². The largest absolute Gasteiger partial charge is 0.348 e. The third-order valence-corrected chi connectivity index (χ3v) is 6.95. The van der Waals surface area contributed by atoms with Crippen LogP contribution in [-0.2, 0) is 0 Å². The van der Waals surface area contributed by atoms with E-state index in [1.54, 1.807) is 11.3 Å². The van der Waals surface area contributed by atoms with Gasteiger partial charge in [-0.3, -0.25) is 4.79 Å². The molecule has 4 heterocycles. The number of thiophene rings is 1. The van der Waals surface area contributed by atoms with Gasteiger partial charge < -0.3 is 10.2 Å². The normalized spacial score (nSPS) is 32.2. The quantitative estimate of drug-likeness (QED) is 0.883. The predicted molar refractivity (Wildman–Crippen MR) is 104 cm³/mol. The topological polar surface area (TPSA) is 32.3 Å². The molecule has 25 heavy (non-hydrogen) atoms. The van der Waals surface area contributed by atoms with E-state index < -0.39 is 0 Å². The fourth-order valence-electron chi connectivity index (χ4n) is 5.10. The van der Waals surface area contributed by atoms with Gasteiger partial charge in [0.1, 0.15) is 0 Å². The van der Waals surface area contributed by atoms with E-state index >= 15 is 0 Å². The molecule has 5 heteroatoms. The van der Waals surface area contributed by atoms with Gasteiger partial charge in [-0.2, -0.15) is 0 Å². The zero-order chi connectivity index (χ0) is 16.1. The van der Waals surface area contributed by atoms with Gasteiger partial charge in [-0.15, -0.1) is 23.7 Å². The molecular formula is C20H23ClN2OS. The van der Waals surface area contributed by atoms with E-state index in [4.69, 9.17) is 0 Å². The Morgan fingerprint density at radius 1 is 1.04 bits per heavy atom. The molecule has 1 N–H and O–H groups in total. The lowest BCUT2D eigenvalue weighted by Gasteiger charge is -2.55. The van der Waals surface area contributed by atoms with Crippen molar-refractivity contribution in [2.24, 2.45) is 17.8 Å². The van der Waals surface area contributed by atoms with E-state index in [9.17, 15) is 4.79 Å². The first-order valence-electron chi connectivity index (χ1n) is 8.93. The lowest BCUT2D eigenvalue weighted by Crippen LogP contribution is -2.64. The minimum Gasteiger partial charge on any atom is -0.348 e. The highest BCUT2D eigenvalue weighted by Gasteiger charge is 2.47. The molecule has 3 nitrogen and oxygen atoms in total. The molecule has 3 aliphatic heterocycles. The maximum Gasteiger partial charge on any atom is 0.261 e. The van der Waals surface area contributed by atoms with Crippen LogP contribution in [0.5, 0.6) is 0 Å². The Balaban J connectivity index is 0.00000157. The molecule has 2 atom stereocenters. The molecule has 4 fully saturated rings. The number of halogens is 1. The summed E-state index contributed by atoms with van der Waals surface area (Å²) in [7, 11) is 0. The van der Waals surface area contributed by atoms with Crippen molar-refractivity contribution in [1.82, 2.24) is 10.2 Å². The van der Waals surface area contributed by atoms with Crippen LogP contribution >= 0.6 is 23.7 Å². The molecule has 4 aliphatic rings. The average Bonchev–Trinajstić information content (AvgIpc) is 3.08. The predicted octanol–water partition coefficient (Wildman–Crippen LogP) is 3.91. The van der Waals surface area contributed by atoms with Gasteiger partial charge in [0.05, 0.1) is 4.88 Å². The summed E-state index contributed by atoms with van der Waals surface area (Å²) < 4.78 is 0. The molecule has 2 aromatic rings. The molecule has 4 bridgehead atoms. The van der Waals surface area contributed by atoms with Gasteiger partial charge in [0.15, 0.2) is 0 Å². The SMILES string of the molecule is Cl.O=C(NC1[C@H]2CC3C[C@H]1CN(C3)C2)c1cc(-c2ccccc2)cs1. The maximum absolute atomic E-state index is 12.8. The van der Waals surface area contributed by atoms with Crippen LogP contribution in [0.25, 0.3) is 11.1 Å². The number of hydrogen-bond acceptors (Lipinski definition) is 3. The minimum absolute atomic E-state index is 0. The van der Waals surface area contributed by atoms with E-state index in [2.05, 4.69) is 27.7 Å². The van der Waals surface area contributed by atoms with Crippen LogP contribution in [0.1, 0.15) is 22.5 Å². The summed E-state index contributed by atoms with van der Waals surface area (Å²) in [4.78, 5) is 16.2. The van der Waals surface area contributed by atoms with Crippen molar-refractivity contribution in [3.8, 4) is 11.1 Å². The van der Waals surface area contributed by atoms with E-state index in [0.29, 0.717) is 17.9 Å². The summed E-state index contributed by atoms with van der Waals surface area (Å²) in [6, 6.07) is 12.7. The molecule has 1 amide bonds. The Morgan fingerprint density at radius 2 is 1.76 bits per heavy atom.